The smallest absolute Gasteiger partial charge is 0.461 e. The minimum atomic E-state index is -5.81. The lowest BCUT2D eigenvalue weighted by Gasteiger charge is -2.44. The first-order valence-electron chi connectivity index (χ1n) is 15.5. The number of aliphatic hydroxyl groups excluding tert-OH is 3. The standard InChI is InChI=1S/C26H48FO18P3/c1-3-5-7-9-11-13-19(28)41-16-17(42-20(29)14-12-10-8-6-4-2)15-18(27)46(33,34)43-24-21(30)22(31)25(44-47(35,36)37)26(23(24)32)45-48(38,39)40/h15,17,21-26,30-32H,3-14,16H2,1-2H3,(H,33,34)(H2,35,36,37)(H2,38,39,40)/b18-15+/t17-,21+,22-,23-,24+,25+,26+/m0/s1. The lowest BCUT2D eigenvalue weighted by Crippen LogP contribution is -2.65. The van der Waals surface area contributed by atoms with Crippen LogP contribution < -0.4 is 0 Å². The fourth-order valence-electron chi connectivity index (χ4n) is 4.65. The molecule has 0 aromatic rings. The van der Waals surface area contributed by atoms with E-state index in [9.17, 15) is 53.3 Å². The van der Waals surface area contributed by atoms with Crippen molar-refractivity contribution in [1.29, 1.82) is 0 Å². The molecule has 282 valence electrons. The number of unbranched alkanes of at least 4 members (excludes halogenated alkanes) is 8. The van der Waals surface area contributed by atoms with Crippen molar-refractivity contribution in [3.05, 3.63) is 11.6 Å². The van der Waals surface area contributed by atoms with Crippen molar-refractivity contribution < 1.29 is 90.5 Å². The third-order valence-electron chi connectivity index (χ3n) is 7.06. The molecule has 0 aromatic carbocycles. The van der Waals surface area contributed by atoms with E-state index in [1.807, 2.05) is 13.8 Å². The topological polar surface area (TPSA) is 293 Å². The summed E-state index contributed by atoms with van der Waals surface area (Å²) in [5, 5.41) is 31.4. The predicted octanol–water partition coefficient (Wildman–Crippen LogP) is 2.60. The van der Waals surface area contributed by atoms with Gasteiger partial charge in [-0.15, -0.1) is 0 Å². The molecule has 1 aliphatic rings. The normalized spacial score (nSPS) is 25.7. The lowest BCUT2D eigenvalue weighted by molar-refractivity contribution is -0.210. The highest BCUT2D eigenvalue weighted by Gasteiger charge is 2.56. The zero-order valence-corrected chi connectivity index (χ0v) is 29.4. The quantitative estimate of drug-likeness (QED) is 0.0422. The third-order valence-corrected chi connectivity index (χ3v) is 9.31. The number of carbonyl (C=O) groups excluding carboxylic acids is 2. The van der Waals surface area contributed by atoms with Gasteiger partial charge in [0.2, 0.25) is 5.57 Å². The molecule has 0 bridgehead atoms. The van der Waals surface area contributed by atoms with Crippen molar-refractivity contribution in [3.63, 3.8) is 0 Å². The number of halogens is 1. The zero-order chi connectivity index (χ0) is 36.7. The first-order valence-corrected chi connectivity index (χ1v) is 20.1. The Morgan fingerprint density at radius 3 is 1.58 bits per heavy atom. The first kappa shape index (κ1) is 44.9. The minimum Gasteiger partial charge on any atom is -0.461 e. The van der Waals surface area contributed by atoms with Crippen LogP contribution in [0.5, 0.6) is 0 Å². The fourth-order valence-corrected chi connectivity index (χ4v) is 6.81. The average molecular weight is 761 g/mol. The van der Waals surface area contributed by atoms with Gasteiger partial charge in [0, 0.05) is 18.9 Å². The van der Waals surface area contributed by atoms with Gasteiger partial charge in [-0.05, 0) is 12.8 Å². The molecule has 0 aromatic heterocycles. The number of rotatable bonds is 23. The van der Waals surface area contributed by atoms with E-state index in [0.29, 0.717) is 19.3 Å². The molecule has 0 heterocycles. The van der Waals surface area contributed by atoms with Gasteiger partial charge in [0.15, 0.2) is 6.10 Å². The molecule has 22 heteroatoms. The van der Waals surface area contributed by atoms with E-state index < -0.39 is 90.1 Å². The molecule has 1 fully saturated rings. The molecule has 48 heavy (non-hydrogen) atoms. The van der Waals surface area contributed by atoms with E-state index in [1.165, 1.54) is 0 Å². The molecule has 0 saturated heterocycles. The van der Waals surface area contributed by atoms with Crippen LogP contribution in [0.1, 0.15) is 90.9 Å². The van der Waals surface area contributed by atoms with Gasteiger partial charge in [-0.25, -0.2) is 9.13 Å². The zero-order valence-electron chi connectivity index (χ0n) is 26.7. The number of ether oxygens (including phenoxy) is 2. The van der Waals surface area contributed by atoms with Crippen LogP contribution in [-0.2, 0) is 46.3 Å². The maximum Gasteiger partial charge on any atom is 0.470 e. The molecule has 8 atom stereocenters. The highest BCUT2D eigenvalue weighted by Crippen LogP contribution is 2.55. The van der Waals surface area contributed by atoms with Crippen LogP contribution in [0.2, 0.25) is 0 Å². The second-order valence-corrected chi connectivity index (χ2v) is 15.3. The fraction of sp³-hybridized carbons (Fsp3) is 0.846. The summed E-state index contributed by atoms with van der Waals surface area (Å²) in [6.45, 7) is 3.25. The summed E-state index contributed by atoms with van der Waals surface area (Å²) in [6.07, 6.45) is -9.20. The number of phosphoric acid groups is 2. The molecular weight excluding hydrogens is 712 g/mol. The van der Waals surface area contributed by atoms with Crippen LogP contribution >= 0.6 is 23.2 Å². The highest BCUT2D eigenvalue weighted by atomic mass is 31.2. The van der Waals surface area contributed by atoms with Gasteiger partial charge in [-0.3, -0.25) is 27.7 Å². The Labute approximate surface area is 277 Å². The molecule has 1 saturated carbocycles. The summed E-state index contributed by atoms with van der Waals surface area (Å²) in [5.74, 6) is -1.56. The van der Waals surface area contributed by atoms with Crippen molar-refractivity contribution in [2.24, 2.45) is 0 Å². The Morgan fingerprint density at radius 2 is 1.10 bits per heavy atom. The number of hydrogen-bond acceptors (Lipinski definition) is 13. The van der Waals surface area contributed by atoms with E-state index in [0.717, 1.165) is 44.9 Å². The number of esters is 2. The van der Waals surface area contributed by atoms with Crippen molar-refractivity contribution in [2.45, 2.75) is 134 Å². The summed E-state index contributed by atoms with van der Waals surface area (Å²) in [5.41, 5.74) is -2.05. The largest absolute Gasteiger partial charge is 0.470 e. The summed E-state index contributed by atoms with van der Waals surface area (Å²) >= 11 is 0. The second kappa shape index (κ2) is 21.3. The monoisotopic (exact) mass is 760 g/mol. The van der Waals surface area contributed by atoms with Gasteiger partial charge >= 0.3 is 35.2 Å². The lowest BCUT2D eigenvalue weighted by atomic mass is 9.85. The number of carbonyl (C=O) groups is 2. The molecule has 8 N–H and O–H groups in total. The Bertz CT molecular complexity index is 1170. The van der Waals surface area contributed by atoms with Gasteiger partial charge in [-0.2, -0.15) is 4.39 Å². The van der Waals surface area contributed by atoms with Crippen LogP contribution in [-0.4, -0.2) is 101 Å². The molecule has 1 aliphatic carbocycles. The Kier molecular flexibility index (Phi) is 19.9. The van der Waals surface area contributed by atoms with Gasteiger partial charge in [-0.1, -0.05) is 65.2 Å². The number of phosphoric ester groups is 2. The minimum absolute atomic E-state index is 0.0000317. The summed E-state index contributed by atoms with van der Waals surface area (Å²) in [4.78, 5) is 71.6. The Morgan fingerprint density at radius 1 is 0.667 bits per heavy atom. The van der Waals surface area contributed by atoms with Crippen molar-refractivity contribution in [2.75, 3.05) is 6.61 Å². The summed E-state index contributed by atoms with van der Waals surface area (Å²) in [7, 11) is -17.0. The van der Waals surface area contributed by atoms with E-state index in [-0.39, 0.29) is 18.9 Å². The maximum atomic E-state index is 15.3. The summed E-state index contributed by atoms with van der Waals surface area (Å²) in [6, 6.07) is 0. The number of aliphatic hydroxyl groups is 3. The van der Waals surface area contributed by atoms with Gasteiger partial charge < -0.3 is 49.3 Å². The second-order valence-electron chi connectivity index (χ2n) is 11.2. The van der Waals surface area contributed by atoms with Gasteiger partial charge in [0.05, 0.1) is 0 Å². The van der Waals surface area contributed by atoms with E-state index in [2.05, 4.69) is 13.6 Å². The molecule has 1 rings (SSSR count). The molecule has 18 nitrogen and oxygen atoms in total. The van der Waals surface area contributed by atoms with Crippen molar-refractivity contribution >= 4 is 35.2 Å². The molecule has 0 amide bonds. The molecular formula is C26H48FO18P3. The van der Waals surface area contributed by atoms with Gasteiger partial charge in [0.25, 0.3) is 0 Å². The third kappa shape index (κ3) is 17.2. The van der Waals surface area contributed by atoms with Crippen LogP contribution in [0, 0.1) is 0 Å². The van der Waals surface area contributed by atoms with E-state index in [4.69, 9.17) is 19.3 Å². The van der Waals surface area contributed by atoms with E-state index in [1.54, 1.807) is 0 Å². The molecule has 0 radical (unpaired) electrons. The summed E-state index contributed by atoms with van der Waals surface area (Å²) < 4.78 is 74.3. The molecule has 0 spiro atoms. The predicted molar refractivity (Wildman–Crippen MR) is 163 cm³/mol. The average Bonchev–Trinajstić information content (AvgIpc) is 2.97. The Balaban J connectivity index is 3.19. The highest BCUT2D eigenvalue weighted by molar-refractivity contribution is 7.57. The number of hydrogen-bond donors (Lipinski definition) is 8. The van der Waals surface area contributed by atoms with Crippen LogP contribution in [0.15, 0.2) is 11.6 Å². The van der Waals surface area contributed by atoms with Crippen molar-refractivity contribution in [3.8, 4) is 0 Å². The van der Waals surface area contributed by atoms with Crippen LogP contribution in [0.3, 0.4) is 0 Å². The SMILES string of the molecule is CCCCCCCC(=O)OC[C@H](/C=C(\F)P(=O)(O)O[C@@H]1[C@H](O)[C@H](O)[C@@H](OP(=O)(O)O)[C@H](OP(=O)(O)O)[C@H]1O)OC(=O)CCCCCCC. The van der Waals surface area contributed by atoms with Crippen LogP contribution in [0.25, 0.3) is 0 Å². The van der Waals surface area contributed by atoms with E-state index >= 15 is 4.39 Å². The van der Waals surface area contributed by atoms with Gasteiger partial charge in [0.1, 0.15) is 43.2 Å². The molecule has 0 aliphatic heterocycles. The molecule has 1 unspecified atom stereocenters. The first-order chi connectivity index (χ1) is 22.2. The van der Waals surface area contributed by atoms with Crippen molar-refractivity contribution in [1.82, 2.24) is 0 Å². The Hall–Kier alpha value is -1.14. The van der Waals surface area contributed by atoms with Crippen LogP contribution in [0.4, 0.5) is 4.39 Å². The maximum absolute atomic E-state index is 15.3.